The minimum absolute atomic E-state index is 0.0680. The summed E-state index contributed by atoms with van der Waals surface area (Å²) in [4.78, 5) is 13.9. The lowest BCUT2D eigenvalue weighted by molar-refractivity contribution is -0.117. The molecule has 0 unspecified atom stereocenters. The highest BCUT2D eigenvalue weighted by atomic mass is 32.2. The molecule has 0 aromatic heterocycles. The molecule has 1 aliphatic rings. The van der Waals surface area contributed by atoms with Gasteiger partial charge in [0.25, 0.3) is 0 Å². The summed E-state index contributed by atoms with van der Waals surface area (Å²) in [6, 6.07) is 7.50. The Bertz CT molecular complexity index is 1030. The fraction of sp³-hybridized carbons (Fsp3) is 0.350. The summed E-state index contributed by atoms with van der Waals surface area (Å²) in [5.41, 5.74) is 0.515. The van der Waals surface area contributed by atoms with E-state index in [4.69, 9.17) is 9.47 Å². The Morgan fingerprint density at radius 1 is 0.968 bits per heavy atom. The van der Waals surface area contributed by atoms with E-state index in [9.17, 15) is 22.0 Å². The normalized spacial score (nSPS) is 15.5. The van der Waals surface area contributed by atoms with Crippen LogP contribution >= 0.6 is 0 Å². The molecule has 2 aromatic carbocycles. The highest BCUT2D eigenvalue weighted by Gasteiger charge is 2.29. The molecule has 1 saturated heterocycles. The Kier molecular flexibility index (Phi) is 7.08. The van der Waals surface area contributed by atoms with Crippen LogP contribution in [0.4, 0.5) is 14.5 Å². The topological polar surface area (TPSA) is 88.2 Å². The van der Waals surface area contributed by atoms with Gasteiger partial charge in [0.1, 0.15) is 11.5 Å². The Morgan fingerprint density at radius 3 is 2.13 bits per heavy atom. The smallest absolute Gasteiger partial charge is 0.243 e. The molecule has 31 heavy (non-hydrogen) atoms. The minimum Gasteiger partial charge on any atom is -0.497 e. The summed E-state index contributed by atoms with van der Waals surface area (Å²) < 4.78 is 63.4. The van der Waals surface area contributed by atoms with Crippen molar-refractivity contribution in [3.8, 4) is 11.5 Å². The molecule has 1 aliphatic heterocycles. The number of nitrogens with one attached hydrogen (secondary N) is 1. The van der Waals surface area contributed by atoms with Crippen LogP contribution in [-0.2, 0) is 14.8 Å². The highest BCUT2D eigenvalue weighted by Crippen LogP contribution is 2.26. The van der Waals surface area contributed by atoms with Gasteiger partial charge < -0.3 is 14.8 Å². The molecular weight excluding hydrogens is 432 g/mol. The van der Waals surface area contributed by atoms with Gasteiger partial charge in [-0.3, -0.25) is 9.69 Å². The van der Waals surface area contributed by atoms with E-state index in [0.29, 0.717) is 36.3 Å². The number of halogens is 2. The van der Waals surface area contributed by atoms with Crippen molar-refractivity contribution in [3.05, 3.63) is 48.0 Å². The van der Waals surface area contributed by atoms with Gasteiger partial charge in [-0.05, 0) is 18.2 Å². The number of benzene rings is 2. The van der Waals surface area contributed by atoms with Crippen molar-refractivity contribution in [3.63, 3.8) is 0 Å². The molecule has 0 atom stereocenters. The third-order valence-electron chi connectivity index (χ3n) is 4.86. The summed E-state index contributed by atoms with van der Waals surface area (Å²) in [7, 11) is -0.929. The van der Waals surface area contributed by atoms with Crippen molar-refractivity contribution in [1.29, 1.82) is 0 Å². The van der Waals surface area contributed by atoms with Crippen LogP contribution in [0.2, 0.25) is 0 Å². The zero-order chi connectivity index (χ0) is 22.6. The van der Waals surface area contributed by atoms with Crippen molar-refractivity contribution in [2.24, 2.45) is 0 Å². The number of anilines is 1. The number of rotatable bonds is 7. The van der Waals surface area contributed by atoms with Gasteiger partial charge in [0.2, 0.25) is 15.9 Å². The van der Waals surface area contributed by atoms with E-state index in [1.165, 1.54) is 18.5 Å². The minimum atomic E-state index is -3.95. The number of sulfonamides is 1. The molecule has 3 rings (SSSR count). The Balaban J connectivity index is 1.57. The summed E-state index contributed by atoms with van der Waals surface area (Å²) in [5.74, 6) is -1.53. The van der Waals surface area contributed by atoms with Crippen molar-refractivity contribution in [2.45, 2.75) is 4.90 Å². The molecule has 1 N–H and O–H groups in total. The maximum Gasteiger partial charge on any atom is 0.243 e. The molecule has 1 heterocycles. The van der Waals surface area contributed by atoms with E-state index in [0.717, 1.165) is 12.1 Å². The molecule has 2 aromatic rings. The summed E-state index contributed by atoms with van der Waals surface area (Å²) in [6.45, 7) is 0.956. The van der Waals surface area contributed by atoms with Crippen LogP contribution in [0.15, 0.2) is 41.3 Å². The number of carbonyl (C=O) groups excluding carboxylic acids is 1. The molecular formula is C20H23F2N3O5S. The van der Waals surface area contributed by atoms with Crippen molar-refractivity contribution in [2.75, 3.05) is 52.3 Å². The molecule has 1 fully saturated rings. The fourth-order valence-corrected chi connectivity index (χ4v) is 4.63. The summed E-state index contributed by atoms with van der Waals surface area (Å²) >= 11 is 0. The molecule has 0 radical (unpaired) electrons. The number of carbonyl (C=O) groups is 1. The Morgan fingerprint density at radius 2 is 1.58 bits per heavy atom. The first kappa shape index (κ1) is 22.9. The molecule has 0 spiro atoms. The van der Waals surface area contributed by atoms with Crippen LogP contribution in [0.1, 0.15) is 0 Å². The van der Waals surface area contributed by atoms with E-state index in [1.807, 2.05) is 4.90 Å². The maximum atomic E-state index is 13.4. The van der Waals surface area contributed by atoms with Gasteiger partial charge in [-0.15, -0.1) is 0 Å². The number of hydrogen-bond acceptors (Lipinski definition) is 6. The Labute approximate surface area is 179 Å². The van der Waals surface area contributed by atoms with Crippen molar-refractivity contribution < 1.29 is 31.5 Å². The number of hydrogen-bond donors (Lipinski definition) is 1. The molecule has 1 amide bonds. The number of nitrogens with zero attached hydrogens (tertiary/aromatic N) is 2. The fourth-order valence-electron chi connectivity index (χ4n) is 3.20. The average Bonchev–Trinajstić information content (AvgIpc) is 2.75. The van der Waals surface area contributed by atoms with Gasteiger partial charge in [-0.25, -0.2) is 17.2 Å². The zero-order valence-corrected chi connectivity index (χ0v) is 17.9. The van der Waals surface area contributed by atoms with E-state index in [-0.39, 0.29) is 30.4 Å². The number of amides is 1. The standard InChI is InChI=1S/C20H23F2N3O5S/c1-29-15-9-14(10-16(11-15)30-2)23-20(26)13-24-5-7-25(8-6-24)31(27,28)17-3-4-18(21)19(22)12-17/h3-4,9-12H,5-8,13H2,1-2H3,(H,23,26). The largest absolute Gasteiger partial charge is 0.497 e. The molecule has 8 nitrogen and oxygen atoms in total. The SMILES string of the molecule is COc1cc(NC(=O)CN2CCN(S(=O)(=O)c3ccc(F)c(F)c3)CC2)cc(OC)c1. The maximum absolute atomic E-state index is 13.4. The van der Waals surface area contributed by atoms with Crippen molar-refractivity contribution >= 4 is 21.6 Å². The zero-order valence-electron chi connectivity index (χ0n) is 17.1. The van der Waals surface area contributed by atoms with Gasteiger partial charge >= 0.3 is 0 Å². The summed E-state index contributed by atoms with van der Waals surface area (Å²) in [5, 5.41) is 2.77. The van der Waals surface area contributed by atoms with Crippen molar-refractivity contribution in [1.82, 2.24) is 9.21 Å². The second kappa shape index (κ2) is 9.58. The number of ether oxygens (including phenoxy) is 2. The second-order valence-electron chi connectivity index (χ2n) is 6.91. The van der Waals surface area contributed by atoms with Crippen LogP contribution < -0.4 is 14.8 Å². The monoisotopic (exact) mass is 455 g/mol. The predicted octanol–water partition coefficient (Wildman–Crippen LogP) is 1.93. The van der Waals surface area contributed by atoms with Crippen LogP contribution in [0, 0.1) is 11.6 Å². The lowest BCUT2D eigenvalue weighted by atomic mass is 10.2. The van der Waals surface area contributed by atoms with Gasteiger partial charge in [0.15, 0.2) is 11.6 Å². The van der Waals surface area contributed by atoms with Gasteiger partial charge in [-0.1, -0.05) is 0 Å². The highest BCUT2D eigenvalue weighted by molar-refractivity contribution is 7.89. The Hall–Kier alpha value is -2.76. The van der Waals surface area contributed by atoms with Crippen LogP contribution in [0.3, 0.4) is 0 Å². The first-order valence-corrected chi connectivity index (χ1v) is 10.9. The van der Waals surface area contributed by atoms with Gasteiger partial charge in [0.05, 0.1) is 25.7 Å². The van der Waals surface area contributed by atoms with Crippen LogP contribution in [0.25, 0.3) is 0 Å². The molecule has 0 saturated carbocycles. The van der Waals surface area contributed by atoms with Crippen LogP contribution in [0.5, 0.6) is 11.5 Å². The lowest BCUT2D eigenvalue weighted by Gasteiger charge is -2.33. The first-order chi connectivity index (χ1) is 14.7. The number of piperazine rings is 1. The quantitative estimate of drug-likeness (QED) is 0.687. The molecule has 0 bridgehead atoms. The van der Waals surface area contributed by atoms with E-state index in [2.05, 4.69) is 5.32 Å². The molecule has 0 aliphatic carbocycles. The second-order valence-corrected chi connectivity index (χ2v) is 8.84. The van der Waals surface area contributed by atoms with E-state index >= 15 is 0 Å². The lowest BCUT2D eigenvalue weighted by Crippen LogP contribution is -2.50. The van der Waals surface area contributed by atoms with Crippen LogP contribution in [-0.4, -0.2) is 70.5 Å². The summed E-state index contributed by atoms with van der Waals surface area (Å²) in [6.07, 6.45) is 0. The predicted molar refractivity (Wildman–Crippen MR) is 110 cm³/mol. The first-order valence-electron chi connectivity index (χ1n) is 9.43. The molecule has 11 heteroatoms. The third kappa shape index (κ3) is 5.49. The van der Waals surface area contributed by atoms with E-state index < -0.39 is 21.7 Å². The van der Waals surface area contributed by atoms with E-state index in [1.54, 1.807) is 18.2 Å². The van der Waals surface area contributed by atoms with Gasteiger partial charge in [0, 0.05) is 50.1 Å². The van der Waals surface area contributed by atoms with Gasteiger partial charge in [-0.2, -0.15) is 4.31 Å². The number of methoxy groups -OCH3 is 2. The molecule has 168 valence electrons. The average molecular weight is 455 g/mol. The third-order valence-corrected chi connectivity index (χ3v) is 6.76.